The molecule has 1 fully saturated rings. The van der Waals surface area contributed by atoms with Crippen LogP contribution in [0.5, 0.6) is 0 Å². The molecule has 0 bridgehead atoms. The zero-order chi connectivity index (χ0) is 13.9. The molecule has 0 saturated heterocycles. The van der Waals surface area contributed by atoms with E-state index in [2.05, 4.69) is 54.7 Å². The largest absolute Gasteiger partial charge is 0.312 e. The number of hydrogen-bond donors (Lipinski definition) is 1. The van der Waals surface area contributed by atoms with E-state index >= 15 is 0 Å². The molecule has 1 unspecified atom stereocenters. The molecule has 1 N–H and O–H groups in total. The predicted octanol–water partition coefficient (Wildman–Crippen LogP) is 3.74. The number of nitrogens with zero attached hydrogens (tertiary/aromatic N) is 1. The summed E-state index contributed by atoms with van der Waals surface area (Å²) < 4.78 is 0. The first-order valence-electron chi connectivity index (χ1n) is 7.44. The smallest absolute Gasteiger partial charge is 0.0245 e. The molecule has 1 heterocycles. The number of hydrogen-bond acceptors (Lipinski definition) is 3. The first-order chi connectivity index (χ1) is 8.94. The van der Waals surface area contributed by atoms with Gasteiger partial charge in [-0.3, -0.25) is 4.90 Å². The molecule has 0 radical (unpaired) electrons. The second kappa shape index (κ2) is 6.38. The van der Waals surface area contributed by atoms with Crippen LogP contribution in [0.15, 0.2) is 16.8 Å². The number of rotatable bonds is 7. The van der Waals surface area contributed by atoms with Gasteiger partial charge >= 0.3 is 0 Å². The Morgan fingerprint density at radius 2 is 2.16 bits per heavy atom. The fourth-order valence-electron chi connectivity index (χ4n) is 2.34. The van der Waals surface area contributed by atoms with E-state index in [0.29, 0.717) is 5.92 Å². The van der Waals surface area contributed by atoms with Gasteiger partial charge in [-0.25, -0.2) is 0 Å². The minimum atomic E-state index is 0.228. The molecule has 19 heavy (non-hydrogen) atoms. The first-order valence-corrected chi connectivity index (χ1v) is 8.38. The monoisotopic (exact) mass is 280 g/mol. The zero-order valence-corrected chi connectivity index (χ0v) is 13.6. The maximum atomic E-state index is 3.62. The van der Waals surface area contributed by atoms with Crippen LogP contribution >= 0.6 is 11.3 Å². The van der Waals surface area contributed by atoms with Crippen molar-refractivity contribution in [2.45, 2.75) is 58.7 Å². The van der Waals surface area contributed by atoms with Crippen LogP contribution in [0.4, 0.5) is 0 Å². The summed E-state index contributed by atoms with van der Waals surface area (Å²) in [6.45, 7) is 12.5. The molecule has 0 aliphatic heterocycles. The summed E-state index contributed by atoms with van der Waals surface area (Å²) in [4.78, 5) is 2.68. The van der Waals surface area contributed by atoms with Crippen LogP contribution in [0.1, 0.15) is 46.1 Å². The molecule has 1 aliphatic carbocycles. The maximum absolute atomic E-state index is 3.62. The Kier molecular flexibility index (Phi) is 5.04. The molecule has 0 amide bonds. The van der Waals surface area contributed by atoms with E-state index in [0.717, 1.165) is 19.1 Å². The Balaban J connectivity index is 1.79. The molecule has 3 heteroatoms. The predicted molar refractivity (Wildman–Crippen MR) is 84.7 cm³/mol. The van der Waals surface area contributed by atoms with Crippen LogP contribution in [0.25, 0.3) is 0 Å². The van der Waals surface area contributed by atoms with E-state index in [4.69, 9.17) is 0 Å². The minimum absolute atomic E-state index is 0.228. The summed E-state index contributed by atoms with van der Waals surface area (Å²) in [7, 11) is 0. The number of nitrogens with one attached hydrogen (secondary N) is 1. The topological polar surface area (TPSA) is 15.3 Å². The Morgan fingerprint density at radius 3 is 2.68 bits per heavy atom. The third-order valence-corrected chi connectivity index (χ3v) is 4.29. The summed E-state index contributed by atoms with van der Waals surface area (Å²) in [5, 5.41) is 8.09. The summed E-state index contributed by atoms with van der Waals surface area (Å²) in [5.74, 6) is 0.707. The van der Waals surface area contributed by atoms with E-state index in [9.17, 15) is 0 Å². The van der Waals surface area contributed by atoms with Crippen LogP contribution in [-0.4, -0.2) is 29.6 Å². The van der Waals surface area contributed by atoms with Gasteiger partial charge in [-0.1, -0.05) is 6.92 Å². The summed E-state index contributed by atoms with van der Waals surface area (Å²) in [6, 6.07) is 3.11. The quantitative estimate of drug-likeness (QED) is 0.818. The van der Waals surface area contributed by atoms with Gasteiger partial charge in [0.25, 0.3) is 0 Å². The fraction of sp³-hybridized carbons (Fsp3) is 0.750. The lowest BCUT2D eigenvalue weighted by atomic mass is 10.1. The molecule has 2 nitrogen and oxygen atoms in total. The molecule has 108 valence electrons. The second-order valence-electron chi connectivity index (χ2n) is 7.03. The second-order valence-corrected chi connectivity index (χ2v) is 7.81. The molecular weight excluding hydrogens is 252 g/mol. The highest BCUT2D eigenvalue weighted by Gasteiger charge is 2.29. The molecule has 2 rings (SSSR count). The normalized spacial score (nSPS) is 17.9. The van der Waals surface area contributed by atoms with Crippen LogP contribution < -0.4 is 5.32 Å². The SMILES string of the molecule is CC(CNC(C)(C)C)CN(Cc1ccsc1)C1CC1. The van der Waals surface area contributed by atoms with Crippen LogP contribution in [0, 0.1) is 5.92 Å². The van der Waals surface area contributed by atoms with E-state index in [1.54, 1.807) is 0 Å². The molecule has 1 aromatic heterocycles. The highest BCUT2D eigenvalue weighted by molar-refractivity contribution is 7.07. The van der Waals surface area contributed by atoms with E-state index in [1.165, 1.54) is 24.9 Å². The lowest BCUT2D eigenvalue weighted by Crippen LogP contribution is -2.41. The standard InChI is InChI=1S/C16H28N2S/c1-13(9-17-16(2,3)4)10-18(15-5-6-15)11-14-7-8-19-12-14/h7-8,12-13,15,17H,5-6,9-11H2,1-4H3. The molecule has 1 aliphatic rings. The Hall–Kier alpha value is -0.380. The Labute approximate surface area is 122 Å². The van der Waals surface area contributed by atoms with Crippen molar-refractivity contribution < 1.29 is 0 Å². The summed E-state index contributed by atoms with van der Waals surface area (Å²) in [6.07, 6.45) is 2.78. The van der Waals surface area contributed by atoms with Crippen molar-refractivity contribution in [3.05, 3.63) is 22.4 Å². The van der Waals surface area contributed by atoms with Crippen molar-refractivity contribution >= 4 is 11.3 Å². The highest BCUT2D eigenvalue weighted by atomic mass is 32.1. The van der Waals surface area contributed by atoms with E-state index in [1.807, 2.05) is 11.3 Å². The van der Waals surface area contributed by atoms with Gasteiger partial charge in [0, 0.05) is 24.7 Å². The third kappa shape index (κ3) is 5.64. The van der Waals surface area contributed by atoms with Crippen molar-refractivity contribution in [2.24, 2.45) is 5.92 Å². The van der Waals surface area contributed by atoms with E-state index < -0.39 is 0 Å². The van der Waals surface area contributed by atoms with Gasteiger partial charge in [0.05, 0.1) is 0 Å². The fourth-order valence-corrected chi connectivity index (χ4v) is 3.00. The Morgan fingerprint density at radius 1 is 1.42 bits per heavy atom. The molecule has 0 spiro atoms. The minimum Gasteiger partial charge on any atom is -0.312 e. The van der Waals surface area contributed by atoms with Gasteiger partial charge in [0.1, 0.15) is 0 Å². The van der Waals surface area contributed by atoms with Gasteiger partial charge < -0.3 is 5.32 Å². The van der Waals surface area contributed by atoms with Gasteiger partial charge in [-0.2, -0.15) is 11.3 Å². The van der Waals surface area contributed by atoms with Gasteiger partial charge in [-0.15, -0.1) is 0 Å². The van der Waals surface area contributed by atoms with Crippen LogP contribution in [0.2, 0.25) is 0 Å². The van der Waals surface area contributed by atoms with Crippen molar-refractivity contribution in [1.82, 2.24) is 10.2 Å². The molecule has 1 aromatic rings. The van der Waals surface area contributed by atoms with Crippen molar-refractivity contribution in [3.8, 4) is 0 Å². The lowest BCUT2D eigenvalue weighted by Gasteiger charge is -2.28. The third-order valence-electron chi connectivity index (χ3n) is 3.56. The molecular formula is C16H28N2S. The molecule has 1 saturated carbocycles. The van der Waals surface area contributed by atoms with Crippen molar-refractivity contribution in [3.63, 3.8) is 0 Å². The van der Waals surface area contributed by atoms with Gasteiger partial charge in [-0.05, 0) is 68.5 Å². The first kappa shape index (κ1) is 15.0. The maximum Gasteiger partial charge on any atom is 0.0245 e. The zero-order valence-electron chi connectivity index (χ0n) is 12.8. The summed E-state index contributed by atoms with van der Waals surface area (Å²) >= 11 is 1.81. The number of thiophene rings is 1. The van der Waals surface area contributed by atoms with Gasteiger partial charge in [0.15, 0.2) is 0 Å². The van der Waals surface area contributed by atoms with E-state index in [-0.39, 0.29) is 5.54 Å². The van der Waals surface area contributed by atoms with Gasteiger partial charge in [0.2, 0.25) is 0 Å². The summed E-state index contributed by atoms with van der Waals surface area (Å²) in [5.41, 5.74) is 1.71. The molecule has 0 aromatic carbocycles. The Bertz CT molecular complexity index is 363. The van der Waals surface area contributed by atoms with Crippen LogP contribution in [0.3, 0.4) is 0 Å². The average Bonchev–Trinajstić information content (AvgIpc) is 3.04. The molecule has 1 atom stereocenters. The van der Waals surface area contributed by atoms with Crippen molar-refractivity contribution in [2.75, 3.05) is 13.1 Å². The lowest BCUT2D eigenvalue weighted by molar-refractivity contribution is 0.211. The average molecular weight is 280 g/mol. The van der Waals surface area contributed by atoms with Crippen molar-refractivity contribution in [1.29, 1.82) is 0 Å². The highest BCUT2D eigenvalue weighted by Crippen LogP contribution is 2.29. The van der Waals surface area contributed by atoms with Crippen LogP contribution in [-0.2, 0) is 6.54 Å².